The van der Waals surface area contributed by atoms with Crippen molar-refractivity contribution in [2.24, 2.45) is 0 Å². The molecular formula is C6H5ClN2S. The van der Waals surface area contributed by atoms with Crippen molar-refractivity contribution in [2.75, 3.05) is 0 Å². The number of fused-ring (bicyclic) bond motifs is 1. The average Bonchev–Trinajstić information content (AvgIpc) is 2.33. The molecule has 0 unspecified atom stereocenters. The fourth-order valence-electron chi connectivity index (χ4n) is 0.727. The van der Waals surface area contributed by atoms with E-state index >= 15 is 0 Å². The van der Waals surface area contributed by atoms with Crippen molar-refractivity contribution < 1.29 is 0 Å². The summed E-state index contributed by atoms with van der Waals surface area (Å²) in [7, 11) is 0. The van der Waals surface area contributed by atoms with E-state index in [0.717, 1.165) is 11.0 Å². The van der Waals surface area contributed by atoms with Gasteiger partial charge in [-0.05, 0) is 12.1 Å². The minimum absolute atomic E-state index is 0. The average molecular weight is 173 g/mol. The highest BCUT2D eigenvalue weighted by atomic mass is 35.5. The molecule has 0 fully saturated rings. The first kappa shape index (κ1) is 7.44. The van der Waals surface area contributed by atoms with Crippen molar-refractivity contribution in [1.82, 2.24) is 8.75 Å². The van der Waals surface area contributed by atoms with Crippen LogP contribution in [0.3, 0.4) is 0 Å². The quantitative estimate of drug-likeness (QED) is 0.609. The summed E-state index contributed by atoms with van der Waals surface area (Å²) in [6.45, 7) is 0. The molecule has 1 aromatic carbocycles. The molecule has 52 valence electrons. The highest BCUT2D eigenvalue weighted by molar-refractivity contribution is 7.00. The summed E-state index contributed by atoms with van der Waals surface area (Å²) >= 11 is 1.25. The van der Waals surface area contributed by atoms with E-state index in [9.17, 15) is 0 Å². The van der Waals surface area contributed by atoms with E-state index in [1.54, 1.807) is 0 Å². The Kier molecular flexibility index (Phi) is 2.19. The smallest absolute Gasteiger partial charge is 0.104 e. The van der Waals surface area contributed by atoms with Gasteiger partial charge in [-0.25, -0.2) is 0 Å². The summed E-state index contributed by atoms with van der Waals surface area (Å²) in [6.07, 6.45) is 0. The van der Waals surface area contributed by atoms with Crippen molar-refractivity contribution in [3.8, 4) is 0 Å². The Morgan fingerprint density at radius 2 is 1.50 bits per heavy atom. The van der Waals surface area contributed by atoms with Gasteiger partial charge < -0.3 is 0 Å². The van der Waals surface area contributed by atoms with Crippen molar-refractivity contribution in [3.05, 3.63) is 24.3 Å². The van der Waals surface area contributed by atoms with Gasteiger partial charge in [-0.2, -0.15) is 8.75 Å². The summed E-state index contributed by atoms with van der Waals surface area (Å²) in [4.78, 5) is 0. The maximum Gasteiger partial charge on any atom is 0.104 e. The molecule has 0 aliphatic heterocycles. The minimum atomic E-state index is 0. The second-order valence-corrected chi connectivity index (χ2v) is 2.28. The van der Waals surface area contributed by atoms with E-state index in [1.165, 1.54) is 11.7 Å². The number of hydrogen-bond acceptors (Lipinski definition) is 3. The topological polar surface area (TPSA) is 25.8 Å². The Hall–Kier alpha value is -0.670. The number of benzene rings is 1. The molecule has 1 aromatic heterocycles. The van der Waals surface area contributed by atoms with E-state index in [-0.39, 0.29) is 12.4 Å². The predicted molar refractivity (Wildman–Crippen MR) is 44.7 cm³/mol. The number of nitrogens with zero attached hydrogens (tertiary/aromatic N) is 2. The van der Waals surface area contributed by atoms with Crippen LogP contribution in [0.4, 0.5) is 0 Å². The van der Waals surface area contributed by atoms with Crippen LogP contribution in [0.25, 0.3) is 11.0 Å². The highest BCUT2D eigenvalue weighted by Crippen LogP contribution is 2.08. The summed E-state index contributed by atoms with van der Waals surface area (Å²) in [6, 6.07) is 7.84. The van der Waals surface area contributed by atoms with Crippen LogP contribution in [0.2, 0.25) is 0 Å². The maximum absolute atomic E-state index is 4.05. The zero-order valence-corrected chi connectivity index (χ0v) is 6.65. The zero-order valence-electron chi connectivity index (χ0n) is 5.02. The molecule has 2 nitrogen and oxygen atoms in total. The predicted octanol–water partition coefficient (Wildman–Crippen LogP) is 2.11. The first-order valence-corrected chi connectivity index (χ1v) is 3.37. The molecule has 0 bridgehead atoms. The monoisotopic (exact) mass is 172 g/mol. The van der Waals surface area contributed by atoms with Crippen LogP contribution in [0.1, 0.15) is 0 Å². The fourth-order valence-corrected chi connectivity index (χ4v) is 1.25. The molecule has 4 heteroatoms. The summed E-state index contributed by atoms with van der Waals surface area (Å²) in [5.74, 6) is 0. The number of hydrogen-bond donors (Lipinski definition) is 0. The van der Waals surface area contributed by atoms with Crippen LogP contribution < -0.4 is 0 Å². The maximum atomic E-state index is 4.05. The van der Waals surface area contributed by atoms with Crippen molar-refractivity contribution in [3.63, 3.8) is 0 Å². The molecule has 0 aliphatic rings. The molecule has 0 amide bonds. The summed E-state index contributed by atoms with van der Waals surface area (Å²) in [5.41, 5.74) is 1.98. The van der Waals surface area contributed by atoms with Gasteiger partial charge in [-0.1, -0.05) is 12.1 Å². The molecule has 0 atom stereocenters. The van der Waals surface area contributed by atoms with Crippen LogP contribution in [0, 0.1) is 0 Å². The van der Waals surface area contributed by atoms with Gasteiger partial charge >= 0.3 is 0 Å². The van der Waals surface area contributed by atoms with Crippen LogP contribution in [0.5, 0.6) is 0 Å². The van der Waals surface area contributed by atoms with E-state index in [0.29, 0.717) is 0 Å². The summed E-state index contributed by atoms with van der Waals surface area (Å²) < 4.78 is 8.10. The first-order valence-electron chi connectivity index (χ1n) is 2.64. The van der Waals surface area contributed by atoms with Gasteiger partial charge in [0, 0.05) is 0 Å². The van der Waals surface area contributed by atoms with E-state index in [2.05, 4.69) is 8.75 Å². The lowest BCUT2D eigenvalue weighted by atomic mass is 10.3. The number of aromatic nitrogens is 2. The Morgan fingerprint density at radius 3 is 2.00 bits per heavy atom. The minimum Gasteiger partial charge on any atom is -0.173 e. The van der Waals surface area contributed by atoms with Crippen LogP contribution in [-0.4, -0.2) is 8.75 Å². The Morgan fingerprint density at radius 1 is 1.00 bits per heavy atom. The second-order valence-electron chi connectivity index (χ2n) is 1.75. The lowest BCUT2D eigenvalue weighted by Gasteiger charge is -1.78. The molecule has 0 N–H and O–H groups in total. The van der Waals surface area contributed by atoms with Crippen molar-refractivity contribution in [2.45, 2.75) is 0 Å². The van der Waals surface area contributed by atoms with Gasteiger partial charge in [-0.15, -0.1) is 12.4 Å². The van der Waals surface area contributed by atoms with E-state index in [4.69, 9.17) is 0 Å². The fraction of sp³-hybridized carbons (Fsp3) is 0. The molecule has 2 rings (SSSR count). The molecule has 0 radical (unpaired) electrons. The van der Waals surface area contributed by atoms with Crippen molar-refractivity contribution >= 4 is 35.2 Å². The van der Waals surface area contributed by atoms with Gasteiger partial charge in [0.1, 0.15) is 11.0 Å². The molecule has 0 aliphatic carbocycles. The van der Waals surface area contributed by atoms with Crippen LogP contribution in [-0.2, 0) is 0 Å². The van der Waals surface area contributed by atoms with Crippen LogP contribution in [0.15, 0.2) is 24.3 Å². The lowest BCUT2D eigenvalue weighted by Crippen LogP contribution is -1.63. The highest BCUT2D eigenvalue weighted by Gasteiger charge is 1.91. The first-order chi connectivity index (χ1) is 4.47. The van der Waals surface area contributed by atoms with E-state index < -0.39 is 0 Å². The third kappa shape index (κ3) is 1.10. The third-order valence-corrected chi connectivity index (χ3v) is 1.72. The van der Waals surface area contributed by atoms with Gasteiger partial charge in [0.25, 0.3) is 0 Å². The Bertz CT molecular complexity index is 290. The standard InChI is InChI=1S/C6H4N2S.ClH/c1-2-4-6-5(3-1)7-9-8-6;/h1-4H;1H. The normalized spacial score (nSPS) is 9.20. The van der Waals surface area contributed by atoms with E-state index in [1.807, 2.05) is 24.3 Å². The third-order valence-electron chi connectivity index (χ3n) is 1.16. The van der Waals surface area contributed by atoms with Gasteiger partial charge in [0.15, 0.2) is 0 Å². The van der Waals surface area contributed by atoms with Gasteiger partial charge in [0.05, 0.1) is 11.7 Å². The molecular weight excluding hydrogens is 168 g/mol. The number of halogens is 1. The Balaban J connectivity index is 0.000000500. The Labute approximate surface area is 68.6 Å². The molecule has 2 aromatic rings. The zero-order chi connectivity index (χ0) is 6.10. The van der Waals surface area contributed by atoms with Crippen molar-refractivity contribution in [1.29, 1.82) is 0 Å². The molecule has 0 spiro atoms. The number of rotatable bonds is 0. The molecule has 0 saturated heterocycles. The molecule has 1 heterocycles. The van der Waals surface area contributed by atoms with Gasteiger partial charge in [0.2, 0.25) is 0 Å². The molecule has 0 saturated carbocycles. The van der Waals surface area contributed by atoms with Crippen LogP contribution >= 0.6 is 24.1 Å². The van der Waals surface area contributed by atoms with Gasteiger partial charge in [-0.3, -0.25) is 0 Å². The molecule has 10 heavy (non-hydrogen) atoms. The largest absolute Gasteiger partial charge is 0.173 e. The second kappa shape index (κ2) is 2.94. The summed E-state index contributed by atoms with van der Waals surface area (Å²) in [5, 5.41) is 0. The lowest BCUT2D eigenvalue weighted by molar-refractivity contribution is 1.64. The SMILES string of the molecule is Cl.c1ccc2nsnc2c1.